The summed E-state index contributed by atoms with van der Waals surface area (Å²) in [6.45, 7) is 4.10. The van der Waals surface area contributed by atoms with Gasteiger partial charge in [0.1, 0.15) is 18.2 Å². The lowest BCUT2D eigenvalue weighted by molar-refractivity contribution is -0.137. The van der Waals surface area contributed by atoms with Crippen LogP contribution in [-0.2, 0) is 16.0 Å². The van der Waals surface area contributed by atoms with E-state index in [2.05, 4.69) is 25.6 Å². The van der Waals surface area contributed by atoms with Gasteiger partial charge in [-0.05, 0) is 39.3 Å². The first-order chi connectivity index (χ1) is 14.0. The van der Waals surface area contributed by atoms with Crippen LogP contribution < -0.4 is 10.6 Å². The molecule has 1 aromatic carbocycles. The molecular formula is C21H28N6O2. The number of likely N-dealkylation sites (tertiary alicyclic amines) is 1. The summed E-state index contributed by atoms with van der Waals surface area (Å²) in [4.78, 5) is 40.1. The lowest BCUT2D eigenvalue weighted by Crippen LogP contribution is -2.51. The number of nitrogens with zero attached hydrogens (tertiary/aromatic N) is 4. The van der Waals surface area contributed by atoms with Gasteiger partial charge in [-0.15, -0.1) is 0 Å². The Hall–Kier alpha value is -2.87. The normalized spacial score (nSPS) is 18.3. The number of likely N-dealkylation sites (N-methyl/N-ethyl adjacent to an activating group) is 1. The number of aromatic nitrogens is 3. The standard InChI is InChI=1S/C21H28N6O2/c1-14(22-3)20(28)25-15(2)21(29)27-11-7-10-17(27)19-24-13-23-18(26-19)12-16-8-5-4-6-9-16/h4-6,8-9,13-15,17,22H,7,10-12H2,1-3H3,(H,25,28)/t14-,15-,17-/m0/s1. The van der Waals surface area contributed by atoms with Gasteiger partial charge in [-0.3, -0.25) is 9.59 Å². The number of hydrogen-bond donors (Lipinski definition) is 2. The van der Waals surface area contributed by atoms with Gasteiger partial charge in [-0.1, -0.05) is 30.3 Å². The molecule has 3 atom stereocenters. The minimum atomic E-state index is -0.607. The molecule has 1 fully saturated rings. The van der Waals surface area contributed by atoms with Crippen molar-refractivity contribution in [2.75, 3.05) is 13.6 Å². The summed E-state index contributed by atoms with van der Waals surface area (Å²) < 4.78 is 0. The van der Waals surface area contributed by atoms with Crippen LogP contribution >= 0.6 is 0 Å². The monoisotopic (exact) mass is 396 g/mol. The summed E-state index contributed by atoms with van der Waals surface area (Å²) in [5, 5.41) is 5.65. The maximum Gasteiger partial charge on any atom is 0.245 e. The van der Waals surface area contributed by atoms with Crippen molar-refractivity contribution in [2.24, 2.45) is 0 Å². The first kappa shape index (κ1) is 20.9. The van der Waals surface area contributed by atoms with E-state index in [0.29, 0.717) is 24.6 Å². The van der Waals surface area contributed by atoms with Gasteiger partial charge >= 0.3 is 0 Å². The van der Waals surface area contributed by atoms with Crippen molar-refractivity contribution in [2.45, 2.75) is 51.2 Å². The molecule has 8 nitrogen and oxygen atoms in total. The van der Waals surface area contributed by atoms with E-state index in [9.17, 15) is 9.59 Å². The molecule has 0 spiro atoms. The van der Waals surface area contributed by atoms with E-state index in [1.165, 1.54) is 6.33 Å². The fourth-order valence-electron chi connectivity index (χ4n) is 3.45. The summed E-state index contributed by atoms with van der Waals surface area (Å²) in [5.74, 6) is 0.979. The summed E-state index contributed by atoms with van der Waals surface area (Å²) in [6.07, 6.45) is 3.81. The average molecular weight is 396 g/mol. The third-order valence-electron chi connectivity index (χ3n) is 5.23. The lowest BCUT2D eigenvalue weighted by atomic mass is 10.1. The minimum Gasteiger partial charge on any atom is -0.343 e. The minimum absolute atomic E-state index is 0.117. The second-order valence-corrected chi connectivity index (χ2v) is 7.35. The van der Waals surface area contributed by atoms with Crippen LogP contribution in [0.1, 0.15) is 49.9 Å². The Morgan fingerprint density at radius 1 is 1.17 bits per heavy atom. The Bertz CT molecular complexity index is 844. The molecule has 0 radical (unpaired) electrons. The molecule has 0 bridgehead atoms. The topological polar surface area (TPSA) is 100 Å². The average Bonchev–Trinajstić information content (AvgIpc) is 3.23. The molecule has 3 rings (SSSR count). The van der Waals surface area contributed by atoms with Gasteiger partial charge in [0.2, 0.25) is 11.8 Å². The predicted molar refractivity (Wildman–Crippen MR) is 109 cm³/mol. The van der Waals surface area contributed by atoms with Gasteiger partial charge < -0.3 is 15.5 Å². The largest absolute Gasteiger partial charge is 0.343 e. The van der Waals surface area contributed by atoms with Gasteiger partial charge in [0, 0.05) is 13.0 Å². The van der Waals surface area contributed by atoms with Crippen LogP contribution in [0, 0.1) is 0 Å². The molecule has 1 saturated heterocycles. The molecule has 8 heteroatoms. The van der Waals surface area contributed by atoms with Crippen LogP contribution in [0.25, 0.3) is 0 Å². The first-order valence-corrected chi connectivity index (χ1v) is 9.99. The van der Waals surface area contributed by atoms with E-state index >= 15 is 0 Å². The van der Waals surface area contributed by atoms with E-state index in [0.717, 1.165) is 18.4 Å². The highest BCUT2D eigenvalue weighted by Gasteiger charge is 2.35. The van der Waals surface area contributed by atoms with E-state index in [-0.39, 0.29) is 23.9 Å². The van der Waals surface area contributed by atoms with Crippen molar-refractivity contribution in [3.05, 3.63) is 53.9 Å². The summed E-state index contributed by atoms with van der Waals surface area (Å²) in [7, 11) is 1.71. The molecule has 2 amide bonds. The van der Waals surface area contributed by atoms with Crippen LogP contribution in [0.3, 0.4) is 0 Å². The van der Waals surface area contributed by atoms with Crippen LogP contribution in [-0.4, -0.2) is 57.3 Å². The van der Waals surface area contributed by atoms with Crippen molar-refractivity contribution < 1.29 is 9.59 Å². The van der Waals surface area contributed by atoms with E-state index in [1.807, 2.05) is 30.3 Å². The second kappa shape index (κ2) is 9.56. The first-order valence-electron chi connectivity index (χ1n) is 9.99. The molecule has 0 saturated carbocycles. The Morgan fingerprint density at radius 2 is 1.93 bits per heavy atom. The van der Waals surface area contributed by atoms with Crippen LogP contribution in [0.2, 0.25) is 0 Å². The van der Waals surface area contributed by atoms with Crippen molar-refractivity contribution in [3.8, 4) is 0 Å². The molecule has 29 heavy (non-hydrogen) atoms. The fraction of sp³-hybridized carbons (Fsp3) is 0.476. The Morgan fingerprint density at radius 3 is 2.66 bits per heavy atom. The SMILES string of the molecule is CN[C@@H](C)C(=O)N[C@@H](C)C(=O)N1CCC[C@H]1c1ncnc(Cc2ccccc2)n1. The fourth-order valence-corrected chi connectivity index (χ4v) is 3.45. The summed E-state index contributed by atoms with van der Waals surface area (Å²) in [6, 6.07) is 8.85. The summed E-state index contributed by atoms with van der Waals surface area (Å²) in [5.41, 5.74) is 1.12. The maximum absolute atomic E-state index is 13.0. The van der Waals surface area contributed by atoms with Gasteiger partial charge in [0.05, 0.1) is 12.1 Å². The van der Waals surface area contributed by atoms with Gasteiger partial charge in [-0.2, -0.15) is 0 Å². The summed E-state index contributed by atoms with van der Waals surface area (Å²) >= 11 is 0. The van der Waals surface area contributed by atoms with E-state index in [4.69, 9.17) is 0 Å². The number of carbonyl (C=O) groups is 2. The highest BCUT2D eigenvalue weighted by molar-refractivity contribution is 5.89. The van der Waals surface area contributed by atoms with Crippen molar-refractivity contribution in [1.82, 2.24) is 30.5 Å². The highest BCUT2D eigenvalue weighted by atomic mass is 16.2. The number of hydrogen-bond acceptors (Lipinski definition) is 6. The van der Waals surface area contributed by atoms with Crippen LogP contribution in [0.4, 0.5) is 0 Å². The Labute approximate surface area is 171 Å². The molecular weight excluding hydrogens is 368 g/mol. The lowest BCUT2D eigenvalue weighted by Gasteiger charge is -2.27. The van der Waals surface area contributed by atoms with Crippen molar-refractivity contribution in [3.63, 3.8) is 0 Å². The van der Waals surface area contributed by atoms with Gasteiger partial charge in [0.25, 0.3) is 0 Å². The number of amides is 2. The number of rotatable bonds is 7. The predicted octanol–water partition coefficient (Wildman–Crippen LogP) is 1.24. The molecule has 2 heterocycles. The van der Waals surface area contributed by atoms with Crippen LogP contribution in [0.5, 0.6) is 0 Å². The highest BCUT2D eigenvalue weighted by Crippen LogP contribution is 2.30. The molecule has 1 aromatic heterocycles. The molecule has 0 unspecified atom stereocenters. The number of carbonyl (C=O) groups excluding carboxylic acids is 2. The third-order valence-corrected chi connectivity index (χ3v) is 5.23. The van der Waals surface area contributed by atoms with Crippen molar-refractivity contribution >= 4 is 11.8 Å². The zero-order valence-electron chi connectivity index (χ0n) is 17.1. The smallest absolute Gasteiger partial charge is 0.245 e. The molecule has 2 N–H and O–H groups in total. The van der Waals surface area contributed by atoms with Gasteiger partial charge in [-0.25, -0.2) is 15.0 Å². The van der Waals surface area contributed by atoms with E-state index < -0.39 is 6.04 Å². The third kappa shape index (κ3) is 5.14. The molecule has 1 aliphatic heterocycles. The van der Waals surface area contributed by atoms with E-state index in [1.54, 1.807) is 25.8 Å². The second-order valence-electron chi connectivity index (χ2n) is 7.35. The van der Waals surface area contributed by atoms with Crippen molar-refractivity contribution in [1.29, 1.82) is 0 Å². The molecule has 2 aromatic rings. The zero-order valence-corrected chi connectivity index (χ0v) is 17.1. The van der Waals surface area contributed by atoms with Crippen LogP contribution in [0.15, 0.2) is 36.7 Å². The number of nitrogens with one attached hydrogen (secondary N) is 2. The maximum atomic E-state index is 13.0. The molecule has 1 aliphatic rings. The Kier molecular flexibility index (Phi) is 6.87. The van der Waals surface area contributed by atoms with Gasteiger partial charge in [0.15, 0.2) is 5.82 Å². The Balaban J connectivity index is 1.71. The molecule has 0 aliphatic carbocycles. The molecule has 154 valence electrons. The zero-order chi connectivity index (χ0) is 20.8. The quantitative estimate of drug-likeness (QED) is 0.730. The number of benzene rings is 1.